The predicted molar refractivity (Wildman–Crippen MR) is 182 cm³/mol. The van der Waals surface area contributed by atoms with Crippen LogP contribution in [0.3, 0.4) is 0 Å². The number of anilines is 2. The number of hydrogen-bond donors (Lipinski definition) is 3. The summed E-state index contributed by atoms with van der Waals surface area (Å²) in [5.41, 5.74) is 9.59. The van der Waals surface area contributed by atoms with Crippen LogP contribution in [0, 0.1) is 6.92 Å². The molecule has 0 saturated carbocycles. The Kier molecular flexibility index (Phi) is 10.2. The van der Waals surface area contributed by atoms with Crippen molar-refractivity contribution >= 4 is 39.2 Å². The van der Waals surface area contributed by atoms with Gasteiger partial charge in [-0.3, -0.25) is 9.59 Å². The van der Waals surface area contributed by atoms with E-state index >= 15 is 0 Å². The first-order chi connectivity index (χ1) is 22.8. The summed E-state index contributed by atoms with van der Waals surface area (Å²) in [5, 5.41) is 19.8. The summed E-state index contributed by atoms with van der Waals surface area (Å²) in [6.45, 7) is 2.62. The van der Waals surface area contributed by atoms with Crippen molar-refractivity contribution in [3.05, 3.63) is 119 Å². The van der Waals surface area contributed by atoms with E-state index in [2.05, 4.69) is 0 Å². The minimum atomic E-state index is -3.98. The Labute approximate surface area is 279 Å². The molecule has 1 heterocycles. The molecule has 0 aromatic heterocycles. The van der Waals surface area contributed by atoms with Gasteiger partial charge in [0.1, 0.15) is 11.3 Å². The van der Waals surface area contributed by atoms with E-state index in [0.29, 0.717) is 24.3 Å². The van der Waals surface area contributed by atoms with Crippen molar-refractivity contribution in [1.82, 2.24) is 9.21 Å². The first kappa shape index (κ1) is 34.1. The molecule has 0 atom stereocenters. The van der Waals surface area contributed by atoms with E-state index in [1.807, 2.05) is 36.1 Å². The number of nitrogen functional groups attached to an aromatic ring is 1. The number of piperidine rings is 1. The molecule has 0 unspecified atom stereocenters. The third kappa shape index (κ3) is 7.67. The highest BCUT2D eigenvalue weighted by molar-refractivity contribution is 7.89. The highest BCUT2D eigenvalue weighted by Gasteiger charge is 2.28. The molecule has 0 aliphatic carbocycles. The minimum Gasteiger partial charge on any atom is -0.507 e. The molecular weight excluding hydrogens is 632 g/mol. The van der Waals surface area contributed by atoms with E-state index in [-0.39, 0.29) is 34.5 Å². The maximum Gasteiger partial charge on any atom is 0.339 e. The minimum absolute atomic E-state index is 0.0201. The molecule has 1 aliphatic rings. The number of hydrogen-bond acceptors (Lipinski definition) is 7. The number of benzene rings is 4. The zero-order chi connectivity index (χ0) is 34.6. The van der Waals surface area contributed by atoms with Crippen molar-refractivity contribution in [2.75, 3.05) is 37.3 Å². The van der Waals surface area contributed by atoms with Crippen molar-refractivity contribution in [3.8, 4) is 5.75 Å². The number of likely N-dealkylation sites (tertiary alicyclic amines) is 1. The molecule has 1 saturated heterocycles. The number of amides is 2. The molecule has 2 amide bonds. The molecule has 48 heavy (non-hydrogen) atoms. The summed E-state index contributed by atoms with van der Waals surface area (Å²) >= 11 is 0. The van der Waals surface area contributed by atoms with Crippen LogP contribution in [0.4, 0.5) is 11.4 Å². The smallest absolute Gasteiger partial charge is 0.339 e. The number of aromatic carboxylic acids is 1. The molecule has 11 nitrogen and oxygen atoms in total. The summed E-state index contributed by atoms with van der Waals surface area (Å²) in [7, 11) is -2.66. The largest absolute Gasteiger partial charge is 0.507 e. The van der Waals surface area contributed by atoms with E-state index in [4.69, 9.17) is 5.73 Å². The van der Waals surface area contributed by atoms with E-state index < -0.39 is 34.2 Å². The Bertz CT molecular complexity index is 1900. The van der Waals surface area contributed by atoms with Gasteiger partial charge >= 0.3 is 5.97 Å². The van der Waals surface area contributed by atoms with E-state index in [9.17, 15) is 33.0 Å². The molecular formula is C36H38N4O7S. The van der Waals surface area contributed by atoms with Gasteiger partial charge in [0.2, 0.25) is 15.9 Å². The van der Waals surface area contributed by atoms with Crippen LogP contribution >= 0.6 is 0 Å². The summed E-state index contributed by atoms with van der Waals surface area (Å²) in [4.78, 5) is 41.4. The third-order valence-corrected chi connectivity index (χ3v) is 10.5. The molecule has 1 fully saturated rings. The molecule has 1 aliphatic heterocycles. The van der Waals surface area contributed by atoms with E-state index in [0.717, 1.165) is 33.8 Å². The maximum atomic E-state index is 13.7. The zero-order valence-electron chi connectivity index (χ0n) is 26.7. The zero-order valence-corrected chi connectivity index (χ0v) is 27.6. The van der Waals surface area contributed by atoms with Crippen LogP contribution in [-0.2, 0) is 21.4 Å². The molecule has 4 aromatic carbocycles. The topological polar surface area (TPSA) is 162 Å². The number of aryl methyl sites for hydroxylation is 1. The average molecular weight is 671 g/mol. The van der Waals surface area contributed by atoms with Crippen molar-refractivity contribution in [2.45, 2.75) is 37.1 Å². The van der Waals surface area contributed by atoms with Gasteiger partial charge < -0.3 is 25.7 Å². The summed E-state index contributed by atoms with van der Waals surface area (Å²) in [6.07, 6.45) is 1.59. The lowest BCUT2D eigenvalue weighted by molar-refractivity contribution is -0.118. The Hall–Kier alpha value is -5.20. The maximum absolute atomic E-state index is 13.7. The van der Waals surface area contributed by atoms with Gasteiger partial charge in [-0.2, -0.15) is 4.31 Å². The third-order valence-electron chi connectivity index (χ3n) is 8.64. The van der Waals surface area contributed by atoms with Crippen LogP contribution in [0.15, 0.2) is 95.9 Å². The number of nitrogens with two attached hydrogens (primary N) is 1. The lowest BCUT2D eigenvalue weighted by atomic mass is 9.88. The predicted octanol–water partition coefficient (Wildman–Crippen LogP) is 4.85. The number of carbonyl (C=O) groups is 3. The van der Waals surface area contributed by atoms with E-state index in [1.54, 1.807) is 36.4 Å². The number of carboxylic acids is 1. The SMILES string of the molecule is Cc1ccc(S(=O)(=O)N(C)CC(=O)N(Cc2ccc(C3CCN(C(=O)c4ccc(N)cc4)CC3)cc2)c2ccc(C(=O)O)c(O)c2)cc1. The van der Waals surface area contributed by atoms with Crippen molar-refractivity contribution in [2.24, 2.45) is 0 Å². The van der Waals surface area contributed by atoms with Gasteiger partial charge in [-0.15, -0.1) is 0 Å². The second kappa shape index (κ2) is 14.3. The number of carboxylic acid groups (broad SMARTS) is 1. The average Bonchev–Trinajstić information content (AvgIpc) is 3.07. The molecule has 4 N–H and O–H groups in total. The van der Waals surface area contributed by atoms with Gasteiger partial charge in [0.25, 0.3) is 5.91 Å². The summed E-state index contributed by atoms with van der Waals surface area (Å²) in [5.74, 6) is -2.19. The van der Waals surface area contributed by atoms with Crippen molar-refractivity contribution in [1.29, 1.82) is 0 Å². The number of likely N-dealkylation sites (N-methyl/N-ethyl adjacent to an activating group) is 1. The Morgan fingerprint density at radius 2 is 1.52 bits per heavy atom. The molecule has 5 rings (SSSR count). The second-order valence-electron chi connectivity index (χ2n) is 12.0. The number of aromatic hydroxyl groups is 1. The Balaban J connectivity index is 1.31. The van der Waals surface area contributed by atoms with Gasteiger partial charge in [-0.25, -0.2) is 13.2 Å². The lowest BCUT2D eigenvalue weighted by Crippen LogP contribution is -2.41. The van der Waals surface area contributed by atoms with Crippen LogP contribution in [0.2, 0.25) is 0 Å². The molecule has 250 valence electrons. The highest BCUT2D eigenvalue weighted by atomic mass is 32.2. The normalized spacial score (nSPS) is 13.8. The molecule has 0 radical (unpaired) electrons. The fourth-order valence-electron chi connectivity index (χ4n) is 5.75. The van der Waals surface area contributed by atoms with Gasteiger partial charge in [-0.1, -0.05) is 42.0 Å². The van der Waals surface area contributed by atoms with Crippen LogP contribution in [0.5, 0.6) is 5.75 Å². The van der Waals surface area contributed by atoms with Gasteiger partial charge in [0, 0.05) is 43.1 Å². The van der Waals surface area contributed by atoms with Gasteiger partial charge in [0.05, 0.1) is 18.0 Å². The number of rotatable bonds is 10. The van der Waals surface area contributed by atoms with Gasteiger partial charge in [-0.05, 0) is 85.3 Å². The summed E-state index contributed by atoms with van der Waals surface area (Å²) in [6, 6.07) is 24.8. The Morgan fingerprint density at radius 1 is 0.896 bits per heavy atom. The molecule has 4 aromatic rings. The standard InChI is InChI=1S/C36H38N4O7S/c1-24-3-14-31(15-4-24)48(46,47)38(2)23-34(42)40(30-13-16-32(36(44)45)33(41)21-30)22-25-5-7-26(8-6-25)27-17-19-39(20-18-27)35(43)28-9-11-29(37)12-10-28/h3-16,21,27,41H,17-20,22-23,37H2,1-2H3,(H,44,45). The first-order valence-electron chi connectivity index (χ1n) is 15.5. The number of sulfonamides is 1. The monoisotopic (exact) mass is 670 g/mol. The van der Waals surface area contributed by atoms with Crippen molar-refractivity contribution in [3.63, 3.8) is 0 Å². The molecule has 12 heteroatoms. The fraction of sp³-hybridized carbons (Fsp3) is 0.250. The fourth-order valence-corrected chi connectivity index (χ4v) is 6.87. The van der Waals surface area contributed by atoms with Crippen LogP contribution in [-0.4, -0.2) is 72.3 Å². The molecule has 0 bridgehead atoms. The van der Waals surface area contributed by atoms with Gasteiger partial charge in [0.15, 0.2) is 0 Å². The van der Waals surface area contributed by atoms with Crippen molar-refractivity contribution < 1.29 is 33.0 Å². The summed E-state index contributed by atoms with van der Waals surface area (Å²) < 4.78 is 27.4. The van der Waals surface area contributed by atoms with Crippen LogP contribution < -0.4 is 10.6 Å². The number of phenols is 1. The number of carbonyl (C=O) groups excluding carboxylic acids is 2. The highest BCUT2D eigenvalue weighted by Crippen LogP contribution is 2.31. The van der Waals surface area contributed by atoms with E-state index in [1.165, 1.54) is 42.3 Å². The quantitative estimate of drug-likeness (QED) is 0.202. The van der Waals surface area contributed by atoms with Crippen LogP contribution in [0.25, 0.3) is 0 Å². The lowest BCUT2D eigenvalue weighted by Gasteiger charge is -2.32. The Morgan fingerprint density at radius 3 is 2.10 bits per heavy atom. The van der Waals surface area contributed by atoms with Crippen LogP contribution in [0.1, 0.15) is 56.2 Å². The second-order valence-corrected chi connectivity index (χ2v) is 14.0. The molecule has 0 spiro atoms. The number of nitrogens with zero attached hydrogens (tertiary/aromatic N) is 3. The first-order valence-corrected chi connectivity index (χ1v) is 16.9.